The van der Waals surface area contributed by atoms with Crippen molar-refractivity contribution in [1.29, 1.82) is 0 Å². The van der Waals surface area contributed by atoms with E-state index in [9.17, 15) is 0 Å². The standard InChI is InChI=1S/C27H31N5O/c1-20(21-12-14-23(15-13-21)33-22-8-4-3-5-9-22)32-25-11-7-6-10-24(25)26(29-27(32)28)31-18-16-30(2)17-19-31/h3-15,20,27H,16-19,28H2,1-2H3. The van der Waals surface area contributed by atoms with Crippen LogP contribution in [0, 0.1) is 0 Å². The molecule has 0 bridgehead atoms. The minimum absolute atomic E-state index is 0.0599. The molecular weight excluding hydrogens is 410 g/mol. The van der Waals surface area contributed by atoms with E-state index in [2.05, 4.69) is 65.1 Å². The second kappa shape index (κ2) is 9.25. The van der Waals surface area contributed by atoms with Gasteiger partial charge in [-0.05, 0) is 55.9 Å². The molecule has 1 fully saturated rings. The first-order chi connectivity index (χ1) is 16.1. The van der Waals surface area contributed by atoms with Gasteiger partial charge in [0.25, 0.3) is 0 Å². The van der Waals surface area contributed by atoms with Crippen molar-refractivity contribution in [2.24, 2.45) is 10.7 Å². The second-order valence-electron chi connectivity index (χ2n) is 8.74. The van der Waals surface area contributed by atoms with E-state index >= 15 is 0 Å². The Morgan fingerprint density at radius 3 is 2.21 bits per heavy atom. The number of benzene rings is 3. The number of amidine groups is 1. The third-order valence-electron chi connectivity index (χ3n) is 6.52. The molecule has 0 aromatic heterocycles. The number of likely N-dealkylation sites (N-methyl/N-ethyl adjacent to an activating group) is 1. The number of nitrogens with zero attached hydrogens (tertiary/aromatic N) is 4. The van der Waals surface area contributed by atoms with Crippen molar-refractivity contribution >= 4 is 11.5 Å². The fraction of sp³-hybridized carbons (Fsp3) is 0.296. The van der Waals surface area contributed by atoms with Crippen LogP contribution in [0.1, 0.15) is 24.1 Å². The Labute approximate surface area is 195 Å². The number of anilines is 1. The largest absolute Gasteiger partial charge is 0.457 e. The fourth-order valence-corrected chi connectivity index (χ4v) is 4.59. The first-order valence-corrected chi connectivity index (χ1v) is 11.6. The molecular formula is C27H31N5O. The molecule has 0 spiro atoms. The summed E-state index contributed by atoms with van der Waals surface area (Å²) in [7, 11) is 2.17. The number of nitrogens with two attached hydrogens (primary N) is 1. The molecule has 6 nitrogen and oxygen atoms in total. The van der Waals surface area contributed by atoms with Gasteiger partial charge in [0, 0.05) is 31.7 Å². The van der Waals surface area contributed by atoms with Crippen molar-refractivity contribution in [2.75, 3.05) is 38.1 Å². The summed E-state index contributed by atoms with van der Waals surface area (Å²) in [5.41, 5.74) is 10.1. The third kappa shape index (κ3) is 4.45. The van der Waals surface area contributed by atoms with Crippen molar-refractivity contribution in [3.63, 3.8) is 0 Å². The molecule has 3 aromatic carbocycles. The van der Waals surface area contributed by atoms with E-state index < -0.39 is 6.29 Å². The van der Waals surface area contributed by atoms with Gasteiger partial charge in [-0.25, -0.2) is 4.99 Å². The first kappa shape index (κ1) is 21.5. The lowest BCUT2D eigenvalue weighted by Gasteiger charge is -2.43. The summed E-state index contributed by atoms with van der Waals surface area (Å²) in [4.78, 5) is 11.9. The van der Waals surface area contributed by atoms with Crippen LogP contribution in [0.15, 0.2) is 83.9 Å². The molecule has 2 aliphatic heterocycles. The van der Waals surface area contributed by atoms with Crippen LogP contribution in [0.2, 0.25) is 0 Å². The van der Waals surface area contributed by atoms with Crippen molar-refractivity contribution < 1.29 is 4.74 Å². The predicted molar refractivity (Wildman–Crippen MR) is 134 cm³/mol. The number of rotatable bonds is 4. The van der Waals surface area contributed by atoms with Crippen LogP contribution in [0.25, 0.3) is 0 Å². The molecule has 2 heterocycles. The van der Waals surface area contributed by atoms with Gasteiger partial charge in [-0.15, -0.1) is 0 Å². The number of aliphatic imine (C=N–C) groups is 1. The summed E-state index contributed by atoms with van der Waals surface area (Å²) in [6.45, 7) is 6.19. The fourth-order valence-electron chi connectivity index (χ4n) is 4.59. The molecule has 2 unspecified atom stereocenters. The highest BCUT2D eigenvalue weighted by atomic mass is 16.5. The molecule has 33 heavy (non-hydrogen) atoms. The van der Waals surface area contributed by atoms with Gasteiger partial charge in [0.2, 0.25) is 0 Å². The molecule has 2 aliphatic rings. The number of para-hydroxylation sites is 2. The van der Waals surface area contributed by atoms with Crippen molar-refractivity contribution in [3.8, 4) is 11.5 Å². The van der Waals surface area contributed by atoms with Gasteiger partial charge >= 0.3 is 0 Å². The molecule has 0 amide bonds. The Morgan fingerprint density at radius 2 is 1.48 bits per heavy atom. The summed E-state index contributed by atoms with van der Waals surface area (Å²) >= 11 is 0. The first-order valence-electron chi connectivity index (χ1n) is 11.6. The SMILES string of the molecule is CC(c1ccc(Oc2ccccc2)cc1)N1c2ccccc2C(N2CCN(C)CC2)=NC1N. The zero-order chi connectivity index (χ0) is 22.8. The van der Waals surface area contributed by atoms with Crippen molar-refractivity contribution in [2.45, 2.75) is 19.3 Å². The monoisotopic (exact) mass is 441 g/mol. The van der Waals surface area contributed by atoms with Crippen molar-refractivity contribution in [3.05, 3.63) is 90.0 Å². The zero-order valence-corrected chi connectivity index (χ0v) is 19.3. The average Bonchev–Trinajstić information content (AvgIpc) is 2.85. The Morgan fingerprint density at radius 1 is 0.848 bits per heavy atom. The maximum Gasteiger partial charge on any atom is 0.176 e. The summed E-state index contributed by atoms with van der Waals surface area (Å²) < 4.78 is 5.96. The molecule has 2 atom stereocenters. The van der Waals surface area contributed by atoms with Gasteiger partial charge in [0.15, 0.2) is 6.29 Å². The van der Waals surface area contributed by atoms with Gasteiger partial charge in [-0.1, -0.05) is 42.5 Å². The maximum absolute atomic E-state index is 6.67. The minimum atomic E-state index is -0.440. The third-order valence-corrected chi connectivity index (χ3v) is 6.52. The minimum Gasteiger partial charge on any atom is -0.457 e. The van der Waals surface area contributed by atoms with Crippen LogP contribution in [0.3, 0.4) is 0 Å². The molecule has 0 saturated carbocycles. The van der Waals surface area contributed by atoms with Gasteiger partial charge in [-0.2, -0.15) is 0 Å². The van der Waals surface area contributed by atoms with Gasteiger partial charge in [-0.3, -0.25) is 5.73 Å². The summed E-state index contributed by atoms with van der Waals surface area (Å²) in [6, 6.07) is 26.6. The van der Waals surface area contributed by atoms with Crippen LogP contribution in [0.4, 0.5) is 5.69 Å². The predicted octanol–water partition coefficient (Wildman–Crippen LogP) is 4.30. The normalized spacial score (nSPS) is 19.6. The molecule has 1 saturated heterocycles. The topological polar surface area (TPSA) is 57.3 Å². The van der Waals surface area contributed by atoms with Crippen LogP contribution >= 0.6 is 0 Å². The maximum atomic E-state index is 6.67. The Kier molecular flexibility index (Phi) is 6.03. The molecule has 6 heteroatoms. The smallest absolute Gasteiger partial charge is 0.176 e. The molecule has 5 rings (SSSR count). The van der Waals surface area contributed by atoms with E-state index in [1.807, 2.05) is 42.5 Å². The van der Waals surface area contributed by atoms with Crippen LogP contribution in [0.5, 0.6) is 11.5 Å². The van der Waals surface area contributed by atoms with E-state index in [1.54, 1.807) is 0 Å². The number of hydrogen-bond acceptors (Lipinski definition) is 6. The van der Waals surface area contributed by atoms with Gasteiger partial charge in [0.1, 0.15) is 17.3 Å². The lowest BCUT2D eigenvalue weighted by molar-refractivity contribution is 0.214. The second-order valence-corrected chi connectivity index (χ2v) is 8.74. The Bertz CT molecular complexity index is 1110. The van der Waals surface area contributed by atoms with Crippen LogP contribution in [-0.4, -0.2) is 55.2 Å². The zero-order valence-electron chi connectivity index (χ0n) is 19.3. The summed E-state index contributed by atoms with van der Waals surface area (Å²) in [5, 5.41) is 0. The highest BCUT2D eigenvalue weighted by Crippen LogP contribution is 2.36. The summed E-state index contributed by atoms with van der Waals surface area (Å²) in [6.07, 6.45) is -0.440. The van der Waals surface area contributed by atoms with E-state index in [0.29, 0.717) is 0 Å². The highest BCUT2D eigenvalue weighted by molar-refractivity contribution is 6.05. The average molecular weight is 442 g/mol. The quantitative estimate of drug-likeness (QED) is 0.654. The van der Waals surface area contributed by atoms with E-state index in [4.69, 9.17) is 15.5 Å². The van der Waals surface area contributed by atoms with Gasteiger partial charge < -0.3 is 19.4 Å². The van der Waals surface area contributed by atoms with E-state index in [1.165, 1.54) is 5.56 Å². The number of piperazine rings is 1. The molecule has 170 valence electrons. The van der Waals surface area contributed by atoms with E-state index in [-0.39, 0.29) is 6.04 Å². The van der Waals surface area contributed by atoms with Gasteiger partial charge in [0.05, 0.1) is 11.7 Å². The highest BCUT2D eigenvalue weighted by Gasteiger charge is 2.32. The number of ether oxygens (including phenoxy) is 1. The lowest BCUT2D eigenvalue weighted by Crippen LogP contribution is -2.52. The lowest BCUT2D eigenvalue weighted by atomic mass is 10.0. The van der Waals surface area contributed by atoms with Crippen LogP contribution in [-0.2, 0) is 0 Å². The molecule has 0 radical (unpaired) electrons. The van der Waals surface area contributed by atoms with Crippen LogP contribution < -0.4 is 15.4 Å². The van der Waals surface area contributed by atoms with Crippen molar-refractivity contribution in [1.82, 2.24) is 9.80 Å². The molecule has 0 aliphatic carbocycles. The Balaban J connectivity index is 1.39. The molecule has 3 aromatic rings. The van der Waals surface area contributed by atoms with E-state index in [0.717, 1.165) is 54.8 Å². The number of hydrogen-bond donors (Lipinski definition) is 1. The Hall–Kier alpha value is -3.35. The summed E-state index contributed by atoms with van der Waals surface area (Å²) in [5.74, 6) is 2.66. The number of fused-ring (bicyclic) bond motifs is 1. The molecule has 2 N–H and O–H groups in total.